The van der Waals surface area contributed by atoms with E-state index < -0.39 is 0 Å². The first kappa shape index (κ1) is 26.1. The van der Waals surface area contributed by atoms with Gasteiger partial charge >= 0.3 is 0 Å². The molecule has 0 atom stereocenters. The molecule has 7 N–H and O–H groups in total. The van der Waals surface area contributed by atoms with Crippen molar-refractivity contribution in [3.05, 3.63) is 77.3 Å². The first-order chi connectivity index (χ1) is 15.2. The van der Waals surface area contributed by atoms with E-state index in [0.717, 1.165) is 30.9 Å². The minimum Gasteiger partial charge on any atom is -0.442 e. The topological polar surface area (TPSA) is 99.3 Å². The van der Waals surface area contributed by atoms with E-state index in [1.54, 1.807) is 12.1 Å². The summed E-state index contributed by atoms with van der Waals surface area (Å²) < 4.78 is 5.71. The second kappa shape index (κ2) is 15.0. The lowest BCUT2D eigenvalue weighted by atomic mass is 10.0. The van der Waals surface area contributed by atoms with Crippen LogP contribution in [0.1, 0.15) is 51.2 Å². The lowest BCUT2D eigenvalue weighted by molar-refractivity contribution is 0.425. The van der Waals surface area contributed by atoms with Crippen molar-refractivity contribution < 1.29 is 4.74 Å². The number of nitrogen functional groups attached to an aromatic ring is 1. The molecule has 0 spiro atoms. The number of allylic oxidation sites excluding steroid dienone is 2. The Kier molecular flexibility index (Phi) is 12.6. The summed E-state index contributed by atoms with van der Waals surface area (Å²) in [7, 11) is 1.50. The highest BCUT2D eigenvalue weighted by Gasteiger charge is 2.25. The predicted octanol–water partition coefficient (Wildman–Crippen LogP) is 5.04. The Morgan fingerprint density at radius 1 is 1.06 bits per heavy atom. The molecule has 0 aliphatic heterocycles. The molecule has 0 aromatic heterocycles. The molecule has 31 heavy (non-hydrogen) atoms. The summed E-state index contributed by atoms with van der Waals surface area (Å²) in [5.41, 5.74) is 20.7. The molecular weight excluding hydrogens is 384 g/mol. The van der Waals surface area contributed by atoms with Crippen molar-refractivity contribution in [2.24, 2.45) is 17.4 Å². The normalized spacial score (nSPS) is 13.3. The van der Waals surface area contributed by atoms with Crippen molar-refractivity contribution in [1.29, 1.82) is 0 Å². The fourth-order valence-electron chi connectivity index (χ4n) is 2.98. The van der Waals surface area contributed by atoms with E-state index in [2.05, 4.69) is 42.2 Å². The molecule has 0 bridgehead atoms. The van der Waals surface area contributed by atoms with Crippen LogP contribution in [0.25, 0.3) is 6.08 Å². The highest BCUT2D eigenvalue weighted by atomic mass is 16.5. The van der Waals surface area contributed by atoms with Gasteiger partial charge in [0, 0.05) is 24.0 Å². The number of benzene rings is 2. The number of nitrogens with one attached hydrogen (secondary N) is 1. The molecule has 1 saturated carbocycles. The average molecular weight is 425 g/mol. The van der Waals surface area contributed by atoms with Crippen LogP contribution in [0.4, 0.5) is 5.69 Å². The molecule has 2 aromatic rings. The van der Waals surface area contributed by atoms with Crippen LogP contribution in [0.15, 0.2) is 66.2 Å². The molecule has 1 aliphatic rings. The van der Waals surface area contributed by atoms with Crippen LogP contribution in [0, 0.1) is 5.92 Å². The first-order valence-electron chi connectivity index (χ1n) is 11.3. The molecule has 170 valence electrons. The fourth-order valence-corrected chi connectivity index (χ4v) is 2.98. The van der Waals surface area contributed by atoms with E-state index in [0.29, 0.717) is 17.3 Å². The van der Waals surface area contributed by atoms with Gasteiger partial charge in [-0.05, 0) is 74.0 Å². The first-order valence-corrected chi connectivity index (χ1v) is 11.3. The Hall–Kier alpha value is -2.92. The van der Waals surface area contributed by atoms with Crippen molar-refractivity contribution in [1.82, 2.24) is 5.32 Å². The molecule has 0 unspecified atom stereocenters. The maximum absolute atomic E-state index is 6.10. The lowest BCUT2D eigenvalue weighted by Gasteiger charge is -2.11. The monoisotopic (exact) mass is 424 g/mol. The fraction of sp³-hybridized carbons (Fsp3) is 0.385. The SMILES string of the molecule is CC.CCCN/C(=C\Cc1ccccc1/C=C(\N)Oc1ccc(N)cc1)C1CC1.CN. The largest absolute Gasteiger partial charge is 0.442 e. The van der Waals surface area contributed by atoms with Gasteiger partial charge in [0.05, 0.1) is 0 Å². The highest BCUT2D eigenvalue weighted by Crippen LogP contribution is 2.35. The average Bonchev–Trinajstić information content (AvgIpc) is 3.64. The molecule has 1 aliphatic carbocycles. The van der Waals surface area contributed by atoms with Crippen LogP contribution in [0.2, 0.25) is 0 Å². The zero-order chi connectivity index (χ0) is 23.1. The molecule has 1 fully saturated rings. The number of hydrogen-bond donors (Lipinski definition) is 4. The number of rotatable bonds is 9. The molecule has 3 rings (SSSR count). The summed E-state index contributed by atoms with van der Waals surface area (Å²) in [5.74, 6) is 1.76. The van der Waals surface area contributed by atoms with Gasteiger partial charge in [-0.3, -0.25) is 0 Å². The minimum absolute atomic E-state index is 0.364. The van der Waals surface area contributed by atoms with Gasteiger partial charge in [0.1, 0.15) is 5.75 Å². The van der Waals surface area contributed by atoms with E-state index >= 15 is 0 Å². The van der Waals surface area contributed by atoms with Gasteiger partial charge in [0.2, 0.25) is 0 Å². The zero-order valence-electron chi connectivity index (χ0n) is 19.5. The maximum Gasteiger partial charge on any atom is 0.191 e. The summed E-state index contributed by atoms with van der Waals surface area (Å²) in [6, 6.07) is 15.5. The second-order valence-electron chi connectivity index (χ2n) is 6.98. The summed E-state index contributed by atoms with van der Waals surface area (Å²) >= 11 is 0. The van der Waals surface area contributed by atoms with E-state index in [9.17, 15) is 0 Å². The Morgan fingerprint density at radius 2 is 1.71 bits per heavy atom. The summed E-state index contributed by atoms with van der Waals surface area (Å²) in [4.78, 5) is 0. The third-order valence-corrected chi connectivity index (χ3v) is 4.61. The molecule has 0 heterocycles. The van der Waals surface area contributed by atoms with Gasteiger partial charge in [-0.1, -0.05) is 51.1 Å². The summed E-state index contributed by atoms with van der Waals surface area (Å²) in [6.07, 6.45) is 8.83. The minimum atomic E-state index is 0.364. The van der Waals surface area contributed by atoms with Crippen LogP contribution in [0.5, 0.6) is 5.75 Å². The summed E-state index contributed by atoms with van der Waals surface area (Å²) in [6.45, 7) is 7.23. The van der Waals surface area contributed by atoms with Gasteiger partial charge in [-0.2, -0.15) is 0 Å². The smallest absolute Gasteiger partial charge is 0.191 e. The number of hydrogen-bond acceptors (Lipinski definition) is 5. The van der Waals surface area contributed by atoms with Crippen LogP contribution < -0.4 is 27.3 Å². The van der Waals surface area contributed by atoms with E-state index in [1.165, 1.54) is 31.1 Å². The molecule has 0 radical (unpaired) electrons. The lowest BCUT2D eigenvalue weighted by Crippen LogP contribution is -2.15. The van der Waals surface area contributed by atoms with Crippen molar-refractivity contribution >= 4 is 11.8 Å². The number of anilines is 1. The van der Waals surface area contributed by atoms with Gasteiger partial charge in [0.25, 0.3) is 0 Å². The van der Waals surface area contributed by atoms with Crippen molar-refractivity contribution in [2.75, 3.05) is 19.3 Å². The quantitative estimate of drug-likeness (QED) is 0.334. The molecule has 5 nitrogen and oxygen atoms in total. The van der Waals surface area contributed by atoms with Gasteiger partial charge in [0.15, 0.2) is 5.88 Å². The Bertz CT molecular complexity index is 808. The van der Waals surface area contributed by atoms with Gasteiger partial charge < -0.3 is 27.3 Å². The van der Waals surface area contributed by atoms with Crippen LogP contribution in [-0.2, 0) is 6.42 Å². The number of nitrogens with two attached hydrogens (primary N) is 3. The Labute approximate surface area is 188 Å². The molecule has 2 aromatic carbocycles. The van der Waals surface area contributed by atoms with Gasteiger partial charge in [-0.15, -0.1) is 0 Å². The molecular formula is C26H40N4O. The van der Waals surface area contributed by atoms with Crippen LogP contribution in [0.3, 0.4) is 0 Å². The van der Waals surface area contributed by atoms with Crippen molar-refractivity contribution in [2.45, 2.75) is 46.5 Å². The molecule has 5 heteroatoms. The Balaban J connectivity index is 0.00000113. The van der Waals surface area contributed by atoms with Crippen molar-refractivity contribution in [3.8, 4) is 5.75 Å². The van der Waals surface area contributed by atoms with Crippen LogP contribution in [-0.4, -0.2) is 13.6 Å². The third-order valence-electron chi connectivity index (χ3n) is 4.61. The van der Waals surface area contributed by atoms with Crippen LogP contribution >= 0.6 is 0 Å². The second-order valence-corrected chi connectivity index (χ2v) is 6.98. The van der Waals surface area contributed by atoms with E-state index in [1.807, 2.05) is 38.1 Å². The summed E-state index contributed by atoms with van der Waals surface area (Å²) in [5, 5.41) is 3.59. The van der Waals surface area contributed by atoms with Gasteiger partial charge in [-0.25, -0.2) is 0 Å². The number of ether oxygens (including phenoxy) is 1. The maximum atomic E-state index is 6.10. The predicted molar refractivity (Wildman–Crippen MR) is 134 cm³/mol. The van der Waals surface area contributed by atoms with Crippen molar-refractivity contribution in [3.63, 3.8) is 0 Å². The third kappa shape index (κ3) is 9.62. The standard InChI is InChI=1S/C23H29N3O.C2H6.CH5N/c1-2-15-26-22(18-7-8-18)14-9-17-5-3-4-6-19(17)16-23(25)27-21-12-10-20(24)11-13-21;2*1-2/h3-6,10-14,16,18,26H,2,7-9,15,24-25H2,1H3;1-2H3;2H2,1H3/b22-14-,23-16+;;. The molecule has 0 amide bonds. The Morgan fingerprint density at radius 3 is 2.32 bits per heavy atom. The highest BCUT2D eigenvalue weighted by molar-refractivity contribution is 5.56. The van der Waals surface area contributed by atoms with E-state index in [4.69, 9.17) is 16.2 Å². The molecule has 0 saturated heterocycles. The van der Waals surface area contributed by atoms with E-state index in [-0.39, 0.29) is 0 Å². The zero-order valence-corrected chi connectivity index (χ0v) is 19.5.